The van der Waals surface area contributed by atoms with E-state index in [-0.39, 0.29) is 0 Å². The maximum absolute atomic E-state index is 10.3. The Bertz CT molecular complexity index is 360. The Kier molecular flexibility index (Phi) is 4.17. The van der Waals surface area contributed by atoms with Crippen LogP contribution in [0.2, 0.25) is 0 Å². The number of aliphatic hydroxyl groups is 1. The highest BCUT2D eigenvalue weighted by atomic mass is 79.9. The first-order valence-electron chi connectivity index (χ1n) is 6.03. The molecule has 1 aromatic rings. The average Bonchev–Trinajstić information content (AvgIpc) is 2.33. The zero-order valence-corrected chi connectivity index (χ0v) is 11.6. The first-order valence-corrected chi connectivity index (χ1v) is 6.82. The van der Waals surface area contributed by atoms with Gasteiger partial charge in [-0.05, 0) is 54.2 Å². The Hall–Kier alpha value is -0.450. The summed E-state index contributed by atoms with van der Waals surface area (Å²) in [6.45, 7) is 2.75. The molecule has 94 valence electrons. The van der Waals surface area contributed by atoms with Gasteiger partial charge in [0.25, 0.3) is 0 Å². The van der Waals surface area contributed by atoms with E-state index >= 15 is 0 Å². The van der Waals surface area contributed by atoms with Crippen molar-refractivity contribution in [2.45, 2.75) is 44.3 Å². The van der Waals surface area contributed by atoms with Gasteiger partial charge < -0.3 is 9.84 Å². The number of nitrogens with zero attached hydrogens (tertiary/aromatic N) is 1. The monoisotopic (exact) mass is 299 g/mol. The Balaban J connectivity index is 2.00. The van der Waals surface area contributed by atoms with Gasteiger partial charge in [0.2, 0.25) is 0 Å². The molecule has 2 unspecified atom stereocenters. The summed E-state index contributed by atoms with van der Waals surface area (Å²) in [5, 5.41) is 10.3. The summed E-state index contributed by atoms with van der Waals surface area (Å²) in [5.41, 5.74) is 0.489. The van der Waals surface area contributed by atoms with Crippen molar-refractivity contribution in [3.05, 3.63) is 28.5 Å². The molecule has 0 aromatic carbocycles. The molecule has 2 atom stereocenters. The number of halogens is 1. The molecular weight excluding hydrogens is 282 g/mol. The molecule has 0 bridgehead atoms. The Morgan fingerprint density at radius 3 is 2.94 bits per heavy atom. The summed E-state index contributed by atoms with van der Waals surface area (Å²) < 4.78 is 6.69. The largest absolute Gasteiger partial charge is 0.390 e. The van der Waals surface area contributed by atoms with Gasteiger partial charge in [-0.2, -0.15) is 0 Å². The first-order chi connectivity index (χ1) is 8.10. The summed E-state index contributed by atoms with van der Waals surface area (Å²) in [4.78, 5) is 4.28. The van der Waals surface area contributed by atoms with Gasteiger partial charge in [0.15, 0.2) is 0 Å². The van der Waals surface area contributed by atoms with E-state index in [0.717, 1.165) is 36.0 Å². The van der Waals surface area contributed by atoms with E-state index in [1.165, 1.54) is 0 Å². The van der Waals surface area contributed by atoms with Gasteiger partial charge in [-0.25, -0.2) is 0 Å². The van der Waals surface area contributed by atoms with E-state index in [0.29, 0.717) is 6.42 Å². The summed E-state index contributed by atoms with van der Waals surface area (Å²) in [5.74, 6) is 0. The van der Waals surface area contributed by atoms with Gasteiger partial charge in [0.1, 0.15) is 0 Å². The van der Waals surface area contributed by atoms with Crippen LogP contribution in [-0.4, -0.2) is 28.4 Å². The van der Waals surface area contributed by atoms with Crippen molar-refractivity contribution in [1.82, 2.24) is 4.98 Å². The molecule has 1 N–H and O–H groups in total. The predicted octanol–water partition coefficient (Wildman–Crippen LogP) is 2.71. The Morgan fingerprint density at radius 1 is 1.53 bits per heavy atom. The van der Waals surface area contributed by atoms with Crippen LogP contribution in [0.4, 0.5) is 0 Å². The molecule has 2 rings (SSSR count). The van der Waals surface area contributed by atoms with Crippen molar-refractivity contribution in [3.63, 3.8) is 0 Å². The number of aliphatic hydroxyl groups excluding tert-OH is 1. The first kappa shape index (κ1) is 13.0. The van der Waals surface area contributed by atoms with Crippen LogP contribution in [0.1, 0.15) is 31.9 Å². The number of hydrogen-bond acceptors (Lipinski definition) is 3. The Labute approximate surface area is 110 Å². The summed E-state index contributed by atoms with van der Waals surface area (Å²) in [7, 11) is 0. The second kappa shape index (κ2) is 5.46. The molecule has 0 spiro atoms. The van der Waals surface area contributed by atoms with Crippen molar-refractivity contribution in [2.75, 3.05) is 6.61 Å². The predicted molar refractivity (Wildman–Crippen MR) is 69.9 cm³/mol. The minimum Gasteiger partial charge on any atom is -0.390 e. The number of aromatic nitrogens is 1. The lowest BCUT2D eigenvalue weighted by molar-refractivity contribution is -0.135. The van der Waals surface area contributed by atoms with Crippen LogP contribution in [0, 0.1) is 0 Å². The van der Waals surface area contributed by atoms with Crippen LogP contribution in [0.3, 0.4) is 0 Å². The minimum atomic E-state index is -0.489. The van der Waals surface area contributed by atoms with Gasteiger partial charge in [-0.3, -0.25) is 4.98 Å². The van der Waals surface area contributed by atoms with Gasteiger partial charge in [0, 0.05) is 29.4 Å². The highest BCUT2D eigenvalue weighted by Gasteiger charge is 2.35. The van der Waals surface area contributed by atoms with Crippen LogP contribution >= 0.6 is 15.9 Å². The smallest absolute Gasteiger partial charge is 0.0916 e. The van der Waals surface area contributed by atoms with Crippen molar-refractivity contribution in [3.8, 4) is 0 Å². The number of ether oxygens (including phenoxy) is 1. The molecule has 4 heteroatoms. The van der Waals surface area contributed by atoms with Crippen LogP contribution in [0.25, 0.3) is 0 Å². The second-order valence-corrected chi connectivity index (χ2v) is 5.72. The van der Waals surface area contributed by atoms with E-state index in [1.807, 2.05) is 19.1 Å². The van der Waals surface area contributed by atoms with E-state index in [1.54, 1.807) is 6.20 Å². The standard InChI is InChI=1S/C13H18BrNO2/c1-13(6-2-3-7-17-13)12(16)8-11-5-4-10(14)9-15-11/h4-5,9,12,16H,2-3,6-8H2,1H3. The number of pyridine rings is 1. The molecule has 1 aliphatic heterocycles. The molecule has 1 fully saturated rings. The van der Waals surface area contributed by atoms with Crippen LogP contribution in [0.15, 0.2) is 22.8 Å². The average molecular weight is 300 g/mol. The number of rotatable bonds is 3. The maximum atomic E-state index is 10.3. The molecule has 17 heavy (non-hydrogen) atoms. The molecule has 0 aliphatic carbocycles. The molecule has 1 aromatic heterocycles. The second-order valence-electron chi connectivity index (χ2n) is 4.81. The van der Waals surface area contributed by atoms with Crippen LogP contribution in [0.5, 0.6) is 0 Å². The van der Waals surface area contributed by atoms with Gasteiger partial charge in [-0.15, -0.1) is 0 Å². The molecule has 2 heterocycles. The fourth-order valence-electron chi connectivity index (χ4n) is 2.16. The van der Waals surface area contributed by atoms with E-state index < -0.39 is 11.7 Å². The third-order valence-corrected chi connectivity index (χ3v) is 3.86. The summed E-state index contributed by atoms with van der Waals surface area (Å²) in [6.07, 6.45) is 4.96. The third kappa shape index (κ3) is 3.27. The Morgan fingerprint density at radius 2 is 2.35 bits per heavy atom. The molecule has 3 nitrogen and oxygen atoms in total. The fraction of sp³-hybridized carbons (Fsp3) is 0.615. The molecule has 1 saturated heterocycles. The lowest BCUT2D eigenvalue weighted by atomic mass is 9.88. The van der Waals surface area contributed by atoms with Gasteiger partial charge in [0.05, 0.1) is 11.7 Å². The zero-order chi connectivity index (χ0) is 12.3. The quantitative estimate of drug-likeness (QED) is 0.933. The third-order valence-electron chi connectivity index (χ3n) is 3.40. The maximum Gasteiger partial charge on any atom is 0.0916 e. The fourth-order valence-corrected chi connectivity index (χ4v) is 2.39. The van der Waals surface area contributed by atoms with Crippen molar-refractivity contribution < 1.29 is 9.84 Å². The molecule has 0 radical (unpaired) electrons. The summed E-state index contributed by atoms with van der Waals surface area (Å²) in [6, 6.07) is 3.87. The topological polar surface area (TPSA) is 42.4 Å². The molecule has 0 amide bonds. The van der Waals surface area contributed by atoms with Crippen LogP contribution in [-0.2, 0) is 11.2 Å². The van der Waals surface area contributed by atoms with Crippen molar-refractivity contribution in [1.29, 1.82) is 0 Å². The highest BCUT2D eigenvalue weighted by Crippen LogP contribution is 2.29. The van der Waals surface area contributed by atoms with E-state index in [9.17, 15) is 5.11 Å². The van der Waals surface area contributed by atoms with Gasteiger partial charge >= 0.3 is 0 Å². The zero-order valence-electron chi connectivity index (χ0n) is 10.0. The van der Waals surface area contributed by atoms with Crippen LogP contribution < -0.4 is 0 Å². The summed E-state index contributed by atoms with van der Waals surface area (Å²) >= 11 is 3.35. The van der Waals surface area contributed by atoms with E-state index in [2.05, 4.69) is 20.9 Å². The lowest BCUT2D eigenvalue weighted by Gasteiger charge is -2.37. The van der Waals surface area contributed by atoms with E-state index in [4.69, 9.17) is 4.74 Å². The minimum absolute atomic E-state index is 0.410. The molecule has 0 saturated carbocycles. The molecule has 1 aliphatic rings. The van der Waals surface area contributed by atoms with Gasteiger partial charge in [-0.1, -0.05) is 0 Å². The molecular formula is C13H18BrNO2. The number of hydrogen-bond donors (Lipinski definition) is 1. The normalized spacial score (nSPS) is 26.8. The lowest BCUT2D eigenvalue weighted by Crippen LogP contribution is -2.45. The highest BCUT2D eigenvalue weighted by molar-refractivity contribution is 9.10. The SMILES string of the molecule is CC1(C(O)Cc2ccc(Br)cn2)CCCCO1. The van der Waals surface area contributed by atoms with Crippen molar-refractivity contribution in [2.24, 2.45) is 0 Å². The van der Waals surface area contributed by atoms with Crippen molar-refractivity contribution >= 4 is 15.9 Å².